The molecule has 0 aromatic heterocycles. The van der Waals surface area contributed by atoms with E-state index in [9.17, 15) is 13.2 Å². The summed E-state index contributed by atoms with van der Waals surface area (Å²) in [5.74, 6) is -0.216. The van der Waals surface area contributed by atoms with Gasteiger partial charge in [-0.25, -0.2) is 0 Å². The first-order valence-electron chi connectivity index (χ1n) is 8.56. The topological polar surface area (TPSA) is 69.7 Å². The zero-order valence-corrected chi connectivity index (χ0v) is 18.5. The van der Waals surface area contributed by atoms with Gasteiger partial charge >= 0.3 is 0 Å². The molecule has 0 saturated carbocycles. The summed E-state index contributed by atoms with van der Waals surface area (Å²) in [5, 5.41) is -0.0273. The van der Waals surface area contributed by atoms with Gasteiger partial charge in [0, 0.05) is 5.56 Å². The molecule has 26 heavy (non-hydrogen) atoms. The predicted octanol–water partition coefficient (Wildman–Crippen LogP) is 4.18. The normalized spacial score (nSPS) is 15.8. The SMILES string of the molecule is C[C@@H](O[Si](C)(C)C(C)(C)C)[C@H](/C=C/C(=O)c1ccccc1)OS(C)(=O)=O. The maximum absolute atomic E-state index is 12.3. The number of carbonyl (C=O) groups excluding carboxylic acids is 1. The van der Waals surface area contributed by atoms with Crippen LogP contribution in [0.1, 0.15) is 38.1 Å². The van der Waals surface area contributed by atoms with Gasteiger partial charge in [0.25, 0.3) is 10.1 Å². The minimum absolute atomic E-state index is 0.0273. The number of carbonyl (C=O) groups is 1. The zero-order valence-electron chi connectivity index (χ0n) is 16.6. The van der Waals surface area contributed by atoms with Gasteiger partial charge in [-0.3, -0.25) is 8.98 Å². The van der Waals surface area contributed by atoms with Gasteiger partial charge in [0.15, 0.2) is 14.1 Å². The maximum atomic E-state index is 12.3. The van der Waals surface area contributed by atoms with Crippen LogP contribution in [-0.2, 0) is 18.7 Å². The second-order valence-electron chi connectivity index (χ2n) is 7.94. The third-order valence-electron chi connectivity index (χ3n) is 4.53. The molecule has 0 heterocycles. The quantitative estimate of drug-likeness (QED) is 0.284. The van der Waals surface area contributed by atoms with Gasteiger partial charge in [-0.1, -0.05) is 51.1 Å². The average Bonchev–Trinajstić information content (AvgIpc) is 2.49. The van der Waals surface area contributed by atoms with E-state index in [1.807, 2.05) is 6.07 Å². The summed E-state index contributed by atoms with van der Waals surface area (Å²) in [5.41, 5.74) is 0.528. The van der Waals surface area contributed by atoms with E-state index in [-0.39, 0.29) is 10.8 Å². The second-order valence-corrected chi connectivity index (χ2v) is 14.3. The Hall–Kier alpha value is -1.28. The van der Waals surface area contributed by atoms with Crippen molar-refractivity contribution in [3.8, 4) is 0 Å². The monoisotopic (exact) mass is 398 g/mol. The van der Waals surface area contributed by atoms with Crippen LogP contribution in [0.2, 0.25) is 18.1 Å². The van der Waals surface area contributed by atoms with Gasteiger partial charge < -0.3 is 4.43 Å². The average molecular weight is 399 g/mol. The Labute approximate surface area is 158 Å². The van der Waals surface area contributed by atoms with Gasteiger partial charge in [0.2, 0.25) is 0 Å². The molecule has 0 N–H and O–H groups in total. The van der Waals surface area contributed by atoms with Crippen LogP contribution >= 0.6 is 0 Å². The number of ketones is 1. The summed E-state index contributed by atoms with van der Waals surface area (Å²) in [6, 6.07) is 8.78. The Morgan fingerprint density at radius 2 is 1.69 bits per heavy atom. The molecule has 0 bridgehead atoms. The summed E-state index contributed by atoms with van der Waals surface area (Å²) < 4.78 is 34.7. The van der Waals surface area contributed by atoms with Crippen molar-refractivity contribution in [3.05, 3.63) is 48.0 Å². The maximum Gasteiger partial charge on any atom is 0.265 e. The van der Waals surface area contributed by atoms with Gasteiger partial charge in [0.05, 0.1) is 12.4 Å². The van der Waals surface area contributed by atoms with E-state index in [1.165, 1.54) is 12.2 Å². The van der Waals surface area contributed by atoms with Crippen molar-refractivity contribution >= 4 is 24.2 Å². The summed E-state index contributed by atoms with van der Waals surface area (Å²) in [7, 11) is -5.82. The molecule has 0 aliphatic heterocycles. The first kappa shape index (κ1) is 22.8. The van der Waals surface area contributed by atoms with Crippen molar-refractivity contribution in [3.63, 3.8) is 0 Å². The molecule has 0 fully saturated rings. The summed E-state index contributed by atoms with van der Waals surface area (Å²) in [6.45, 7) is 12.3. The van der Waals surface area contributed by atoms with E-state index in [1.54, 1.807) is 31.2 Å². The highest BCUT2D eigenvalue weighted by Gasteiger charge is 2.40. The Bertz CT molecular complexity index is 733. The Morgan fingerprint density at radius 1 is 1.15 bits per heavy atom. The van der Waals surface area contributed by atoms with Crippen LogP contribution in [0.5, 0.6) is 0 Å². The van der Waals surface area contributed by atoms with E-state index in [2.05, 4.69) is 33.9 Å². The molecule has 146 valence electrons. The smallest absolute Gasteiger partial charge is 0.265 e. The van der Waals surface area contributed by atoms with Crippen LogP contribution < -0.4 is 0 Å². The van der Waals surface area contributed by atoms with Crippen molar-refractivity contribution < 1.29 is 21.8 Å². The highest BCUT2D eigenvalue weighted by atomic mass is 32.2. The van der Waals surface area contributed by atoms with Crippen LogP contribution in [-0.4, -0.2) is 41.0 Å². The molecule has 0 spiro atoms. The predicted molar refractivity (Wildman–Crippen MR) is 107 cm³/mol. The van der Waals surface area contributed by atoms with E-state index in [0.717, 1.165) is 6.26 Å². The minimum Gasteiger partial charge on any atom is -0.411 e. The third-order valence-corrected chi connectivity index (χ3v) is 9.68. The van der Waals surface area contributed by atoms with Crippen molar-refractivity contribution in [2.24, 2.45) is 0 Å². The lowest BCUT2D eigenvalue weighted by molar-refractivity contribution is 0.0887. The molecule has 0 amide bonds. The number of hydrogen-bond donors (Lipinski definition) is 0. The van der Waals surface area contributed by atoms with Crippen molar-refractivity contribution in [2.75, 3.05) is 6.26 Å². The largest absolute Gasteiger partial charge is 0.411 e. The molecule has 0 radical (unpaired) electrons. The second kappa shape index (κ2) is 8.60. The lowest BCUT2D eigenvalue weighted by atomic mass is 10.1. The molecule has 2 atom stereocenters. The Balaban J connectivity index is 3.01. The van der Waals surface area contributed by atoms with Crippen LogP contribution in [0, 0.1) is 0 Å². The molecule has 0 aliphatic carbocycles. The highest BCUT2D eigenvalue weighted by Crippen LogP contribution is 2.37. The zero-order chi connectivity index (χ0) is 20.2. The van der Waals surface area contributed by atoms with Crippen molar-refractivity contribution in [1.29, 1.82) is 0 Å². The van der Waals surface area contributed by atoms with Crippen LogP contribution in [0.25, 0.3) is 0 Å². The molecule has 0 saturated heterocycles. The van der Waals surface area contributed by atoms with Crippen LogP contribution in [0.15, 0.2) is 42.5 Å². The van der Waals surface area contributed by atoms with Gasteiger partial charge in [-0.15, -0.1) is 0 Å². The van der Waals surface area contributed by atoms with Gasteiger partial charge in [-0.05, 0) is 37.2 Å². The van der Waals surface area contributed by atoms with E-state index in [0.29, 0.717) is 5.56 Å². The molecule has 0 aliphatic rings. The number of allylic oxidation sites excluding steroid dienone is 1. The van der Waals surface area contributed by atoms with Crippen LogP contribution in [0.3, 0.4) is 0 Å². The lowest BCUT2D eigenvalue weighted by Gasteiger charge is -2.39. The molecule has 1 aromatic carbocycles. The summed E-state index contributed by atoms with van der Waals surface area (Å²) >= 11 is 0. The first-order valence-corrected chi connectivity index (χ1v) is 13.3. The minimum atomic E-state index is -3.70. The number of benzene rings is 1. The van der Waals surface area contributed by atoms with E-state index in [4.69, 9.17) is 8.61 Å². The van der Waals surface area contributed by atoms with Crippen molar-refractivity contribution in [1.82, 2.24) is 0 Å². The van der Waals surface area contributed by atoms with E-state index < -0.39 is 30.6 Å². The van der Waals surface area contributed by atoms with Crippen molar-refractivity contribution in [2.45, 2.75) is 58.0 Å². The molecular formula is C19H30O5SSi. The fraction of sp³-hybridized carbons (Fsp3) is 0.526. The Kier molecular flexibility index (Phi) is 7.53. The van der Waals surface area contributed by atoms with E-state index >= 15 is 0 Å². The highest BCUT2D eigenvalue weighted by molar-refractivity contribution is 7.86. The first-order chi connectivity index (χ1) is 11.7. The Morgan fingerprint density at radius 3 is 2.15 bits per heavy atom. The molecule has 5 nitrogen and oxygen atoms in total. The molecule has 7 heteroatoms. The molecule has 1 aromatic rings. The standard InChI is InChI=1S/C19H30O5SSi/c1-15(24-26(6,7)19(2,3)4)18(23-25(5,21)22)14-13-17(20)16-11-9-8-10-12-16/h8-15,18H,1-7H3/b14-13+/t15-,18+/m1/s1. The summed E-state index contributed by atoms with van der Waals surface area (Å²) in [6.07, 6.45) is 2.42. The van der Waals surface area contributed by atoms with Crippen LogP contribution in [0.4, 0.5) is 0 Å². The number of rotatable bonds is 8. The third kappa shape index (κ3) is 7.15. The molecule has 0 unspecified atom stereocenters. The van der Waals surface area contributed by atoms with Gasteiger partial charge in [-0.2, -0.15) is 8.42 Å². The molecule has 1 rings (SSSR count). The molecular weight excluding hydrogens is 368 g/mol. The number of hydrogen-bond acceptors (Lipinski definition) is 5. The summed E-state index contributed by atoms with van der Waals surface area (Å²) in [4.78, 5) is 12.3. The fourth-order valence-electron chi connectivity index (χ4n) is 2.06. The fourth-order valence-corrected chi connectivity index (χ4v) is 4.10. The van der Waals surface area contributed by atoms with Gasteiger partial charge in [0.1, 0.15) is 6.10 Å². The lowest BCUT2D eigenvalue weighted by Crippen LogP contribution is -2.46.